The van der Waals surface area contributed by atoms with Gasteiger partial charge in [0, 0.05) is 7.92 Å². The summed E-state index contributed by atoms with van der Waals surface area (Å²) in [6, 6.07) is 0. The van der Waals surface area contributed by atoms with Crippen molar-refractivity contribution in [3.8, 4) is 0 Å². The first-order chi connectivity index (χ1) is 8.08. The van der Waals surface area contributed by atoms with Gasteiger partial charge in [0.25, 0.3) is 0 Å². The van der Waals surface area contributed by atoms with Gasteiger partial charge in [-0.3, -0.25) is 0 Å². The molecule has 0 aromatic rings. The average molecular weight is 339 g/mol. The molecule has 0 aliphatic rings. The Balaban J connectivity index is -0.000000165. The molecule has 0 saturated heterocycles. The van der Waals surface area contributed by atoms with E-state index in [0.717, 1.165) is 0 Å². The van der Waals surface area contributed by atoms with Gasteiger partial charge in [-0.2, -0.15) is 4.89 Å². The van der Waals surface area contributed by atoms with Gasteiger partial charge in [0.1, 0.15) is 0 Å². The SMILES string of the molecule is CCCC[PH+](CCCC)CCCC.O=[P+]([O-])O.[K+].[OH-]. The van der Waals surface area contributed by atoms with Gasteiger partial charge in [0.15, 0.2) is 0 Å². The van der Waals surface area contributed by atoms with E-state index in [2.05, 4.69) is 20.8 Å². The summed E-state index contributed by atoms with van der Waals surface area (Å²) in [5.41, 5.74) is 0. The molecule has 0 amide bonds. The number of hydrogen-bond acceptors (Lipinski definition) is 3. The third-order valence-corrected chi connectivity index (χ3v) is 5.83. The molecule has 0 aliphatic carbocycles. The summed E-state index contributed by atoms with van der Waals surface area (Å²) in [5, 5.41) is 0. The Morgan fingerprint density at radius 1 is 0.947 bits per heavy atom. The molecule has 0 saturated carbocycles. The first kappa shape index (κ1) is 29.1. The third kappa shape index (κ3) is 33.1. The van der Waals surface area contributed by atoms with Crippen molar-refractivity contribution in [3.63, 3.8) is 0 Å². The van der Waals surface area contributed by atoms with Gasteiger partial charge in [-0.05, 0) is 23.8 Å². The first-order valence-electron chi connectivity index (χ1n) is 6.75. The minimum absolute atomic E-state index is 0. The summed E-state index contributed by atoms with van der Waals surface area (Å²) >= 11 is 0. The van der Waals surface area contributed by atoms with Crippen LogP contribution in [0.25, 0.3) is 0 Å². The Morgan fingerprint density at radius 2 is 1.16 bits per heavy atom. The van der Waals surface area contributed by atoms with E-state index in [1.807, 2.05) is 0 Å². The molecule has 0 aromatic carbocycles. The standard InChI is InChI=1S/C12H27P.K.HO3P.H2O/c1-4-7-10-13(11-8-5-2)12-9-6-3;;1-4(2)3;/h4-12H2,1-3H3;;(H,1,2,3);1H2/q;+1;;. The van der Waals surface area contributed by atoms with Crippen molar-refractivity contribution >= 4 is 16.2 Å². The van der Waals surface area contributed by atoms with E-state index >= 15 is 0 Å². The molecular formula is C12H30KO4P2+. The molecule has 2 N–H and O–H groups in total. The molecule has 0 rings (SSSR count). The zero-order valence-electron chi connectivity index (χ0n) is 13.0. The van der Waals surface area contributed by atoms with Crippen molar-refractivity contribution in [2.45, 2.75) is 59.3 Å². The fourth-order valence-electron chi connectivity index (χ4n) is 1.66. The molecule has 0 bridgehead atoms. The van der Waals surface area contributed by atoms with Crippen LogP contribution in [0.2, 0.25) is 0 Å². The van der Waals surface area contributed by atoms with Crippen LogP contribution < -0.4 is 56.3 Å². The Kier molecular flexibility index (Phi) is 38.3. The van der Waals surface area contributed by atoms with E-state index in [-0.39, 0.29) is 64.8 Å². The Labute approximate surface area is 163 Å². The van der Waals surface area contributed by atoms with E-state index in [9.17, 15) is 0 Å². The first-order valence-corrected chi connectivity index (χ1v) is 10.00. The summed E-state index contributed by atoms with van der Waals surface area (Å²) in [7, 11) is -3.05. The quantitative estimate of drug-likeness (QED) is 0.487. The van der Waals surface area contributed by atoms with Crippen molar-refractivity contribution in [2.24, 2.45) is 0 Å². The second kappa shape index (κ2) is 25.0. The van der Waals surface area contributed by atoms with Crippen molar-refractivity contribution in [3.05, 3.63) is 0 Å². The summed E-state index contributed by atoms with van der Waals surface area (Å²) in [6.45, 7) is 6.96. The summed E-state index contributed by atoms with van der Waals surface area (Å²) in [5.74, 6) is 0. The van der Waals surface area contributed by atoms with Crippen molar-refractivity contribution < 1.29 is 71.2 Å². The van der Waals surface area contributed by atoms with Gasteiger partial charge < -0.3 is 10.4 Å². The van der Waals surface area contributed by atoms with Crippen LogP contribution in [0.3, 0.4) is 0 Å². The second-order valence-corrected chi connectivity index (χ2v) is 7.77. The van der Waals surface area contributed by atoms with Crippen LogP contribution in [-0.4, -0.2) is 28.9 Å². The van der Waals surface area contributed by atoms with E-state index in [4.69, 9.17) is 14.4 Å². The van der Waals surface area contributed by atoms with Gasteiger partial charge in [0.2, 0.25) is 0 Å². The summed E-state index contributed by atoms with van der Waals surface area (Å²) in [4.78, 5) is 15.6. The van der Waals surface area contributed by atoms with E-state index in [0.29, 0.717) is 0 Å². The zero-order chi connectivity index (χ0) is 13.5. The number of rotatable bonds is 9. The fraction of sp³-hybridized carbons (Fsp3) is 1.00. The molecule has 1 unspecified atom stereocenters. The molecule has 19 heavy (non-hydrogen) atoms. The van der Waals surface area contributed by atoms with E-state index in [1.54, 1.807) is 18.5 Å². The molecule has 0 aliphatic heterocycles. The molecule has 0 aromatic heterocycles. The van der Waals surface area contributed by atoms with Crippen molar-refractivity contribution in [1.29, 1.82) is 0 Å². The number of hydrogen-bond donors (Lipinski definition) is 1. The van der Waals surface area contributed by atoms with Gasteiger partial charge in [-0.1, -0.05) is 40.0 Å². The molecule has 112 valence electrons. The molecule has 1 atom stereocenters. The fourth-order valence-corrected chi connectivity index (χ4v) is 4.97. The minimum Gasteiger partial charge on any atom is -0.870 e. The summed E-state index contributed by atoms with van der Waals surface area (Å²) < 4.78 is 8.59. The smallest absolute Gasteiger partial charge is 0.870 e. The molecule has 0 heterocycles. The van der Waals surface area contributed by atoms with Gasteiger partial charge in [-0.25, -0.2) is 0 Å². The Morgan fingerprint density at radius 3 is 1.32 bits per heavy atom. The van der Waals surface area contributed by atoms with Crippen LogP contribution >= 0.6 is 16.2 Å². The van der Waals surface area contributed by atoms with Gasteiger partial charge in [-0.15, -0.1) is 0 Å². The maximum absolute atomic E-state index is 8.59. The third-order valence-electron chi connectivity index (χ3n) is 2.65. The topological polar surface area (TPSA) is 90.4 Å². The number of unbranched alkanes of at least 4 members (excludes halogenated alkanes) is 3. The van der Waals surface area contributed by atoms with Crippen molar-refractivity contribution in [2.75, 3.05) is 18.5 Å². The average Bonchev–Trinajstić information content (AvgIpc) is 2.27. The van der Waals surface area contributed by atoms with Gasteiger partial charge in [0.05, 0.1) is 18.5 Å². The predicted octanol–water partition coefficient (Wildman–Crippen LogP) is 0.425. The largest absolute Gasteiger partial charge is 1.00 e. The maximum atomic E-state index is 8.59. The van der Waals surface area contributed by atoms with Crippen LogP contribution in [0.4, 0.5) is 0 Å². The van der Waals surface area contributed by atoms with E-state index in [1.165, 1.54) is 38.5 Å². The van der Waals surface area contributed by atoms with Crippen molar-refractivity contribution in [1.82, 2.24) is 0 Å². The van der Waals surface area contributed by atoms with Crippen LogP contribution in [-0.2, 0) is 4.57 Å². The molecule has 4 nitrogen and oxygen atoms in total. The van der Waals surface area contributed by atoms with Crippen LogP contribution in [0.15, 0.2) is 0 Å². The minimum atomic E-state index is -3.12. The molecule has 0 fully saturated rings. The molecular weight excluding hydrogens is 309 g/mol. The zero-order valence-corrected chi connectivity index (χ0v) is 18.0. The summed E-state index contributed by atoms with van der Waals surface area (Å²) in [6.07, 6.45) is 13.4. The predicted molar refractivity (Wildman–Crippen MR) is 79.4 cm³/mol. The molecule has 7 heteroatoms. The normalized spacial score (nSPS) is 9.89. The van der Waals surface area contributed by atoms with Crippen LogP contribution in [0.1, 0.15) is 59.3 Å². The van der Waals surface area contributed by atoms with Crippen LogP contribution in [0.5, 0.6) is 0 Å². The maximum Gasteiger partial charge on any atom is 1.00 e. The van der Waals surface area contributed by atoms with Gasteiger partial charge >= 0.3 is 59.6 Å². The molecule has 0 radical (unpaired) electrons. The van der Waals surface area contributed by atoms with Crippen LogP contribution in [0, 0.1) is 0 Å². The Hall–Kier alpha value is 2.05. The monoisotopic (exact) mass is 339 g/mol. The van der Waals surface area contributed by atoms with E-state index < -0.39 is 8.25 Å². The molecule has 0 spiro atoms. The Bertz CT molecular complexity index is 151. The second-order valence-electron chi connectivity index (χ2n) is 4.30.